The van der Waals surface area contributed by atoms with Crippen LogP contribution in [0, 0.1) is 0 Å². The van der Waals surface area contributed by atoms with Gasteiger partial charge in [0, 0.05) is 31.3 Å². The van der Waals surface area contributed by atoms with Crippen molar-refractivity contribution >= 4 is 69.8 Å². The van der Waals surface area contributed by atoms with Crippen LogP contribution in [0.1, 0.15) is 10.9 Å². The van der Waals surface area contributed by atoms with Crippen molar-refractivity contribution in [2.24, 2.45) is 0 Å². The molecule has 1 aliphatic rings. The maximum absolute atomic E-state index is 12.3. The standard InChI is InChI=1S/C15H9Cl4NOS/c16-8-1-2-12(13(19)6-8)15-20(14(21)7-22-15)11-4-9(17)3-10(18)5-11/h1-6,15H,7H2/t15-/m1/s1. The average Bonchev–Trinajstić information content (AvgIpc) is 2.79. The van der Waals surface area contributed by atoms with Gasteiger partial charge in [0.25, 0.3) is 0 Å². The molecule has 0 spiro atoms. The molecule has 0 unspecified atom stereocenters. The highest BCUT2D eigenvalue weighted by atomic mass is 35.5. The summed E-state index contributed by atoms with van der Waals surface area (Å²) >= 11 is 25.8. The zero-order valence-electron chi connectivity index (χ0n) is 11.0. The van der Waals surface area contributed by atoms with E-state index >= 15 is 0 Å². The van der Waals surface area contributed by atoms with Crippen molar-refractivity contribution in [3.63, 3.8) is 0 Å². The molecule has 0 saturated carbocycles. The first-order chi connectivity index (χ1) is 10.5. The Bertz CT molecular complexity index is 732. The topological polar surface area (TPSA) is 20.3 Å². The van der Waals surface area contributed by atoms with E-state index in [4.69, 9.17) is 46.4 Å². The van der Waals surface area contributed by atoms with Crippen molar-refractivity contribution in [3.8, 4) is 0 Å². The molecular weight excluding hydrogens is 384 g/mol. The van der Waals surface area contributed by atoms with Crippen LogP contribution in [0.4, 0.5) is 5.69 Å². The normalized spacial score (nSPS) is 18.1. The smallest absolute Gasteiger partial charge is 0.238 e. The van der Waals surface area contributed by atoms with E-state index in [-0.39, 0.29) is 11.3 Å². The lowest BCUT2D eigenvalue weighted by Crippen LogP contribution is -2.28. The molecule has 22 heavy (non-hydrogen) atoms. The molecule has 0 radical (unpaired) electrons. The van der Waals surface area contributed by atoms with Gasteiger partial charge in [-0.25, -0.2) is 0 Å². The van der Waals surface area contributed by atoms with Gasteiger partial charge in [0.1, 0.15) is 5.37 Å². The fraction of sp³-hybridized carbons (Fsp3) is 0.133. The summed E-state index contributed by atoms with van der Waals surface area (Å²) in [6.07, 6.45) is 0. The number of hydrogen-bond acceptors (Lipinski definition) is 2. The van der Waals surface area contributed by atoms with Gasteiger partial charge in [0.05, 0.1) is 5.75 Å². The molecule has 1 amide bonds. The van der Waals surface area contributed by atoms with Crippen molar-refractivity contribution in [1.82, 2.24) is 0 Å². The number of anilines is 1. The first-order valence-electron chi connectivity index (χ1n) is 6.30. The van der Waals surface area contributed by atoms with E-state index in [2.05, 4.69) is 0 Å². The summed E-state index contributed by atoms with van der Waals surface area (Å²) in [4.78, 5) is 14.0. The second kappa shape index (κ2) is 6.50. The van der Waals surface area contributed by atoms with Crippen LogP contribution in [-0.2, 0) is 4.79 Å². The van der Waals surface area contributed by atoms with Crippen molar-refractivity contribution in [3.05, 3.63) is 62.1 Å². The average molecular weight is 393 g/mol. The van der Waals surface area contributed by atoms with E-state index in [9.17, 15) is 4.79 Å². The maximum atomic E-state index is 12.3. The molecule has 1 atom stereocenters. The molecule has 0 aliphatic carbocycles. The molecule has 0 N–H and O–H groups in total. The quantitative estimate of drug-likeness (QED) is 0.617. The second-order valence-corrected chi connectivity index (χ2v) is 7.51. The predicted octanol–water partition coefficient (Wildman–Crippen LogP) is 6.08. The minimum Gasteiger partial charge on any atom is -0.295 e. The monoisotopic (exact) mass is 391 g/mol. The van der Waals surface area contributed by atoms with Crippen LogP contribution in [0.25, 0.3) is 0 Å². The van der Waals surface area contributed by atoms with Crippen LogP contribution >= 0.6 is 58.2 Å². The molecule has 7 heteroatoms. The number of benzene rings is 2. The third-order valence-corrected chi connectivity index (χ3v) is 5.41. The van der Waals surface area contributed by atoms with Crippen LogP contribution < -0.4 is 4.90 Å². The van der Waals surface area contributed by atoms with Crippen molar-refractivity contribution in [2.75, 3.05) is 10.7 Å². The molecule has 114 valence electrons. The van der Waals surface area contributed by atoms with Gasteiger partial charge in [-0.3, -0.25) is 9.69 Å². The largest absolute Gasteiger partial charge is 0.295 e. The Labute approximate surface area is 152 Å². The van der Waals surface area contributed by atoms with Crippen LogP contribution in [0.3, 0.4) is 0 Å². The molecule has 1 aliphatic heterocycles. The summed E-state index contributed by atoms with van der Waals surface area (Å²) in [5.41, 5.74) is 1.49. The Morgan fingerprint density at radius 2 is 1.64 bits per heavy atom. The zero-order valence-corrected chi connectivity index (χ0v) is 14.9. The van der Waals surface area contributed by atoms with Crippen LogP contribution in [0.2, 0.25) is 20.1 Å². The Morgan fingerprint density at radius 1 is 0.955 bits per heavy atom. The first-order valence-corrected chi connectivity index (χ1v) is 8.86. The molecule has 2 aromatic rings. The molecule has 0 aromatic heterocycles. The highest BCUT2D eigenvalue weighted by Gasteiger charge is 2.35. The Hall–Kier alpha value is -0.580. The SMILES string of the molecule is O=C1CS[C@H](c2ccc(Cl)cc2Cl)N1c1cc(Cl)cc(Cl)c1. The number of carbonyl (C=O) groups is 1. The highest BCUT2D eigenvalue weighted by Crippen LogP contribution is 2.45. The van der Waals surface area contributed by atoms with Crippen molar-refractivity contribution in [1.29, 1.82) is 0 Å². The van der Waals surface area contributed by atoms with Gasteiger partial charge < -0.3 is 0 Å². The lowest BCUT2D eigenvalue weighted by molar-refractivity contribution is -0.115. The van der Waals surface area contributed by atoms with Crippen LogP contribution in [-0.4, -0.2) is 11.7 Å². The number of thioether (sulfide) groups is 1. The first kappa shape index (κ1) is 16.3. The fourth-order valence-corrected chi connectivity index (χ4v) is 4.62. The lowest BCUT2D eigenvalue weighted by atomic mass is 10.2. The molecular formula is C15H9Cl4NOS. The van der Waals surface area contributed by atoms with Crippen LogP contribution in [0.15, 0.2) is 36.4 Å². The molecule has 0 bridgehead atoms. The summed E-state index contributed by atoms with van der Waals surface area (Å²) in [6, 6.07) is 10.3. The van der Waals surface area contributed by atoms with E-state index in [1.807, 2.05) is 6.07 Å². The summed E-state index contributed by atoms with van der Waals surface area (Å²) in [7, 11) is 0. The summed E-state index contributed by atoms with van der Waals surface area (Å²) < 4.78 is 0. The van der Waals surface area contributed by atoms with Crippen molar-refractivity contribution < 1.29 is 4.79 Å². The number of amides is 1. The van der Waals surface area contributed by atoms with Gasteiger partial charge in [-0.1, -0.05) is 52.5 Å². The molecule has 1 saturated heterocycles. The number of carbonyl (C=O) groups excluding carboxylic acids is 1. The molecule has 1 fully saturated rings. The van der Waals surface area contributed by atoms with E-state index in [1.54, 1.807) is 35.2 Å². The lowest BCUT2D eigenvalue weighted by Gasteiger charge is -2.25. The van der Waals surface area contributed by atoms with E-state index in [1.165, 1.54) is 11.8 Å². The Morgan fingerprint density at radius 3 is 2.27 bits per heavy atom. The predicted molar refractivity (Wildman–Crippen MR) is 95.6 cm³/mol. The summed E-state index contributed by atoms with van der Waals surface area (Å²) in [5.74, 6) is 0.354. The summed E-state index contributed by atoms with van der Waals surface area (Å²) in [6.45, 7) is 0. The number of nitrogens with zero attached hydrogens (tertiary/aromatic N) is 1. The van der Waals surface area contributed by atoms with E-state index in [0.29, 0.717) is 31.5 Å². The van der Waals surface area contributed by atoms with Gasteiger partial charge in [-0.2, -0.15) is 0 Å². The molecule has 2 aromatic carbocycles. The highest BCUT2D eigenvalue weighted by molar-refractivity contribution is 8.00. The molecule has 1 heterocycles. The minimum absolute atomic E-state index is 0.0145. The second-order valence-electron chi connectivity index (χ2n) is 4.72. The third-order valence-electron chi connectivity index (χ3n) is 3.22. The zero-order chi connectivity index (χ0) is 15.9. The number of rotatable bonds is 2. The molecule has 2 nitrogen and oxygen atoms in total. The van der Waals surface area contributed by atoms with Gasteiger partial charge in [-0.15, -0.1) is 11.8 Å². The van der Waals surface area contributed by atoms with Gasteiger partial charge in [-0.05, 0) is 30.3 Å². The summed E-state index contributed by atoms with van der Waals surface area (Å²) in [5, 5.41) is 1.81. The van der Waals surface area contributed by atoms with Crippen LogP contribution in [0.5, 0.6) is 0 Å². The number of hydrogen-bond donors (Lipinski definition) is 0. The van der Waals surface area contributed by atoms with E-state index in [0.717, 1.165) is 5.56 Å². The molecule has 3 rings (SSSR count). The third kappa shape index (κ3) is 3.19. The number of halogens is 4. The van der Waals surface area contributed by atoms with Gasteiger partial charge >= 0.3 is 0 Å². The van der Waals surface area contributed by atoms with E-state index < -0.39 is 0 Å². The van der Waals surface area contributed by atoms with Gasteiger partial charge in [0.15, 0.2) is 0 Å². The Balaban J connectivity index is 2.05. The van der Waals surface area contributed by atoms with Gasteiger partial charge in [0.2, 0.25) is 5.91 Å². The minimum atomic E-state index is -0.230. The van der Waals surface area contributed by atoms with Crippen molar-refractivity contribution in [2.45, 2.75) is 5.37 Å². The maximum Gasteiger partial charge on any atom is 0.238 e. The fourth-order valence-electron chi connectivity index (χ4n) is 2.31. The Kier molecular flexibility index (Phi) is 4.81.